The summed E-state index contributed by atoms with van der Waals surface area (Å²) in [5.74, 6) is 0. The summed E-state index contributed by atoms with van der Waals surface area (Å²) in [4.78, 5) is 10.2. The Morgan fingerprint density at radius 2 is 1.22 bits per heavy atom. The summed E-state index contributed by atoms with van der Waals surface area (Å²) in [5.41, 5.74) is 9.73. The van der Waals surface area contributed by atoms with Gasteiger partial charge in [-0.05, 0) is 29.7 Å². The van der Waals surface area contributed by atoms with E-state index in [1.807, 2.05) is 60.7 Å². The first-order chi connectivity index (χ1) is 16.3. The third-order valence-electron chi connectivity index (χ3n) is 4.63. The Hall–Kier alpha value is -1.40. The maximum Gasteiger partial charge on any atom is 2.00 e. The third kappa shape index (κ3) is 11.8. The minimum atomic E-state index is -0.136. The van der Waals surface area contributed by atoms with Crippen LogP contribution in [-0.2, 0) is 6.42 Å². The van der Waals surface area contributed by atoms with Gasteiger partial charge in [-0.15, -0.1) is 12.1 Å². The normalized spacial score (nSPS) is 10.1. The molecule has 0 saturated heterocycles. The van der Waals surface area contributed by atoms with Gasteiger partial charge in [0.25, 0.3) is 0 Å². The topological polar surface area (TPSA) is 43.1 Å². The van der Waals surface area contributed by atoms with Crippen molar-refractivity contribution in [3.05, 3.63) is 146 Å². The molecule has 1 atom stereocenters. The van der Waals surface area contributed by atoms with Crippen LogP contribution in [-0.4, -0.2) is 29.3 Å². The van der Waals surface area contributed by atoms with Gasteiger partial charge < -0.3 is 18.1 Å². The van der Waals surface area contributed by atoms with Gasteiger partial charge in [0.05, 0.1) is 20.1 Å². The van der Waals surface area contributed by atoms with Gasteiger partial charge in [-0.1, -0.05) is 107 Å². The summed E-state index contributed by atoms with van der Waals surface area (Å²) < 4.78 is 0. The number of hydrogen-bond donors (Lipinski definition) is 1. The van der Waals surface area contributed by atoms with E-state index >= 15 is 0 Å². The Kier molecular flexibility index (Phi) is 18.0. The quantitative estimate of drug-likeness (QED) is 0.193. The number of nitrogens with two attached hydrogens (primary N) is 1. The summed E-state index contributed by atoms with van der Waals surface area (Å²) in [7, 11) is 0. The molecule has 0 bridgehead atoms. The van der Waals surface area contributed by atoms with Crippen LogP contribution in [0.3, 0.4) is 0 Å². The van der Waals surface area contributed by atoms with Crippen LogP contribution in [0.25, 0.3) is 0 Å². The predicted molar refractivity (Wildman–Crippen MR) is 152 cm³/mol. The van der Waals surface area contributed by atoms with Gasteiger partial charge in [0.2, 0.25) is 0 Å². The van der Waals surface area contributed by atoms with Crippen LogP contribution in [0.5, 0.6) is 0 Å². The van der Waals surface area contributed by atoms with Crippen molar-refractivity contribution in [2.24, 2.45) is 5.73 Å². The van der Waals surface area contributed by atoms with Crippen molar-refractivity contribution in [2.45, 2.75) is 12.5 Å². The van der Waals surface area contributed by atoms with Gasteiger partial charge in [0.15, 0.2) is 6.29 Å². The number of halogens is 5. The molecule has 1 unspecified atom stereocenters. The molecule has 0 aromatic heterocycles. The van der Waals surface area contributed by atoms with E-state index < -0.39 is 0 Å². The van der Waals surface area contributed by atoms with E-state index in [-0.39, 0.29) is 41.5 Å². The molecule has 0 amide bonds. The Balaban J connectivity index is 0.000000551. The van der Waals surface area contributed by atoms with E-state index in [1.165, 1.54) is 5.56 Å². The molecule has 8 heteroatoms. The van der Waals surface area contributed by atoms with Crippen LogP contribution in [0.15, 0.2) is 97.1 Å². The minimum absolute atomic E-state index is 0. The maximum absolute atomic E-state index is 10.2. The molecule has 184 valence electrons. The van der Waals surface area contributed by atoms with E-state index in [1.54, 1.807) is 24.3 Å². The zero-order valence-electron chi connectivity index (χ0n) is 19.4. The maximum atomic E-state index is 10.2. The average Bonchev–Trinajstić information content (AvgIpc) is 2.84. The molecule has 0 aliphatic rings. The van der Waals surface area contributed by atoms with Crippen molar-refractivity contribution < 1.29 is 17.2 Å². The summed E-state index contributed by atoms with van der Waals surface area (Å²) >= 11 is 23.3. The fraction of sp³-hybridized carbons (Fsp3) is 0.0714. The fourth-order valence-electron chi connectivity index (χ4n) is 2.87. The zero-order valence-corrected chi connectivity index (χ0v) is 24.6. The van der Waals surface area contributed by atoms with Crippen molar-refractivity contribution in [1.29, 1.82) is 0 Å². The number of carbonyl (C=O) groups excluding carboxylic acids is 1. The van der Waals surface area contributed by atoms with Crippen molar-refractivity contribution >= 4 is 75.7 Å². The first-order valence-electron chi connectivity index (χ1n) is 10.3. The second-order valence-electron chi connectivity index (χ2n) is 7.19. The Morgan fingerprint density at radius 3 is 1.69 bits per heavy atom. The summed E-state index contributed by atoms with van der Waals surface area (Å²) in [5, 5.41) is 1.83. The van der Waals surface area contributed by atoms with E-state index in [4.69, 9.17) is 52.1 Å². The SMILES string of the molecule is NC(Cc1ccccc1)c1cccc(Cl)c1Cl.O=Cc1cccc(Cl)c1Cl.[CH2-]c1ccccc1.[Cl-].[Mg+2]. The van der Waals surface area contributed by atoms with Crippen molar-refractivity contribution in [1.82, 2.24) is 0 Å². The molecule has 4 aromatic rings. The largest absolute Gasteiger partial charge is 2.00 e. The molecule has 0 radical (unpaired) electrons. The summed E-state index contributed by atoms with van der Waals surface area (Å²) in [6.45, 7) is 3.72. The van der Waals surface area contributed by atoms with E-state index in [0.29, 0.717) is 31.9 Å². The summed E-state index contributed by atoms with van der Waals surface area (Å²) in [6.07, 6.45) is 1.43. The number of carbonyl (C=O) groups is 1. The molecule has 0 fully saturated rings. The van der Waals surface area contributed by atoms with E-state index in [9.17, 15) is 4.79 Å². The van der Waals surface area contributed by atoms with Gasteiger partial charge in [0, 0.05) is 11.6 Å². The first kappa shape index (κ1) is 34.6. The van der Waals surface area contributed by atoms with Gasteiger partial charge in [-0.25, -0.2) is 0 Å². The van der Waals surface area contributed by atoms with Gasteiger partial charge in [0.1, 0.15) is 0 Å². The smallest absolute Gasteiger partial charge is 1.00 e. The number of hydrogen-bond acceptors (Lipinski definition) is 2. The molecule has 0 spiro atoms. The molecule has 36 heavy (non-hydrogen) atoms. The molecule has 4 aromatic carbocycles. The molecular formula is C28H24Cl5MgNO. The second kappa shape index (κ2) is 18.8. The average molecular weight is 592 g/mol. The molecule has 0 saturated carbocycles. The molecule has 2 nitrogen and oxygen atoms in total. The standard InChI is InChI=1S/C14H13Cl2N.C7H4Cl2O.C7H7.ClH.Mg/c15-12-8-4-7-11(14(12)16)13(17)9-10-5-2-1-3-6-10;8-6-3-1-2-5(4-10)7(6)9;1-7-5-3-2-4-6-7;;/h1-8,13H,9,17H2;1-4H;2-6H,1H2;1H;/q;;-1;;+2/p-1. The predicted octanol–water partition coefficient (Wildman–Crippen LogP) is 5.53. The van der Waals surface area contributed by atoms with Gasteiger partial charge in [-0.2, -0.15) is 24.6 Å². The van der Waals surface area contributed by atoms with Gasteiger partial charge >= 0.3 is 23.1 Å². The van der Waals surface area contributed by atoms with Crippen molar-refractivity contribution in [3.8, 4) is 0 Å². The molecule has 4 rings (SSSR count). The second-order valence-corrected chi connectivity index (χ2v) is 8.76. The molecule has 0 heterocycles. The van der Waals surface area contributed by atoms with Crippen LogP contribution < -0.4 is 18.1 Å². The fourth-order valence-corrected chi connectivity index (χ4v) is 3.67. The zero-order chi connectivity index (χ0) is 24.9. The number of rotatable bonds is 4. The van der Waals surface area contributed by atoms with Crippen LogP contribution in [0.1, 0.15) is 33.1 Å². The number of benzene rings is 4. The Bertz CT molecular complexity index is 1180. The van der Waals surface area contributed by atoms with Crippen molar-refractivity contribution in [3.63, 3.8) is 0 Å². The van der Waals surface area contributed by atoms with E-state index in [2.05, 4.69) is 19.1 Å². The monoisotopic (exact) mass is 589 g/mol. The first-order valence-corrected chi connectivity index (χ1v) is 11.8. The van der Waals surface area contributed by atoms with Crippen LogP contribution in [0, 0.1) is 6.92 Å². The van der Waals surface area contributed by atoms with E-state index in [0.717, 1.165) is 17.5 Å². The molecule has 0 aliphatic carbocycles. The third-order valence-corrected chi connectivity index (χ3v) is 6.30. The molecule has 0 aliphatic heterocycles. The van der Waals surface area contributed by atoms with Crippen LogP contribution in [0.2, 0.25) is 20.1 Å². The van der Waals surface area contributed by atoms with Crippen molar-refractivity contribution in [2.75, 3.05) is 0 Å². The molecular weight excluding hydrogens is 568 g/mol. The molecule has 2 N–H and O–H groups in total. The number of aldehydes is 1. The van der Waals surface area contributed by atoms with Crippen LogP contribution in [0.4, 0.5) is 0 Å². The minimum Gasteiger partial charge on any atom is -1.00 e. The summed E-state index contributed by atoms with van der Waals surface area (Å²) in [6, 6.07) is 30.3. The van der Waals surface area contributed by atoms with Crippen LogP contribution >= 0.6 is 46.4 Å². The Labute approximate surface area is 255 Å². The van der Waals surface area contributed by atoms with Gasteiger partial charge in [-0.3, -0.25) is 4.79 Å². The Morgan fingerprint density at radius 1 is 0.722 bits per heavy atom.